The third kappa shape index (κ3) is 29.1. The Hall–Kier alpha value is 0.600. The van der Waals surface area contributed by atoms with Crippen LogP contribution in [0.4, 0.5) is 0 Å². The second-order valence-corrected chi connectivity index (χ2v) is 23.2. The van der Waals surface area contributed by atoms with Gasteiger partial charge in [-0.2, -0.15) is 0 Å². The lowest BCUT2D eigenvalue weighted by Gasteiger charge is -2.22. The Balaban J connectivity index is -0.000000581. The summed E-state index contributed by atoms with van der Waals surface area (Å²) in [7, 11) is 1.71. The van der Waals surface area contributed by atoms with Gasteiger partial charge in [0.1, 0.15) is 14.3 Å². The van der Waals surface area contributed by atoms with Crippen LogP contribution in [0.1, 0.15) is 53.4 Å². The van der Waals surface area contributed by atoms with E-state index in [-0.39, 0.29) is 85.5 Å². The molecule has 0 radical (unpaired) electrons. The second kappa shape index (κ2) is 25.9. The topological polar surface area (TPSA) is 207 Å². The molecule has 0 fully saturated rings. The molecule has 17 heteroatoms. The number of amides is 1. The Kier molecular flexibility index (Phi) is 29.0. The number of aliphatic carboxylic acids is 1. The summed E-state index contributed by atoms with van der Waals surface area (Å²) < 4.78 is 23.7. The van der Waals surface area contributed by atoms with Crippen molar-refractivity contribution in [3.63, 3.8) is 0 Å². The molecule has 0 bridgehead atoms. The Morgan fingerprint density at radius 3 is 1.41 bits per heavy atom. The summed E-state index contributed by atoms with van der Waals surface area (Å²) in [5, 5.41) is 45.8. The number of carboxylic acids is 1. The summed E-state index contributed by atoms with van der Waals surface area (Å²) in [4.78, 5) is 22.0. The van der Waals surface area contributed by atoms with Crippen molar-refractivity contribution in [2.45, 2.75) is 62.9 Å². The van der Waals surface area contributed by atoms with E-state index in [0.29, 0.717) is 6.42 Å². The molecular weight excluding hydrogens is 650 g/mol. The van der Waals surface area contributed by atoms with Crippen LogP contribution in [0.2, 0.25) is 0 Å². The number of nitrogens with two attached hydrogens (primary N) is 1. The van der Waals surface area contributed by atoms with Crippen LogP contribution in [-0.4, -0.2) is 123 Å². The molecular formula is C24H54N2O9P2S4. The number of aliphatic hydroxyl groups excluding tert-OH is 4. The van der Waals surface area contributed by atoms with Crippen LogP contribution in [0.25, 0.3) is 0 Å². The average molecular weight is 705 g/mol. The van der Waals surface area contributed by atoms with E-state index in [1.54, 1.807) is 43.2 Å². The van der Waals surface area contributed by atoms with Gasteiger partial charge in [-0.3, -0.25) is 9.59 Å². The normalized spacial score (nSPS) is 12.1. The molecule has 0 aliphatic carbocycles. The van der Waals surface area contributed by atoms with E-state index in [1.807, 2.05) is 12.5 Å². The molecule has 0 saturated carbocycles. The summed E-state index contributed by atoms with van der Waals surface area (Å²) in [5.74, 6) is -0.837. The van der Waals surface area contributed by atoms with Crippen molar-refractivity contribution >= 4 is 69.3 Å². The molecule has 0 spiro atoms. The molecule has 0 saturated heterocycles. The van der Waals surface area contributed by atoms with E-state index in [4.69, 9.17) is 31.3 Å². The fourth-order valence-corrected chi connectivity index (χ4v) is 10.5. The minimum Gasteiger partial charge on any atom is -0.481 e. The van der Waals surface area contributed by atoms with Gasteiger partial charge in [-0.1, -0.05) is 43.2 Å². The Morgan fingerprint density at radius 1 is 0.732 bits per heavy atom. The Morgan fingerprint density at radius 2 is 1.10 bits per heavy atom. The van der Waals surface area contributed by atoms with E-state index in [9.17, 15) is 18.7 Å². The third-order valence-electron chi connectivity index (χ3n) is 5.44. The number of hydrogen-bond donors (Lipinski definition) is 7. The van der Waals surface area contributed by atoms with Crippen molar-refractivity contribution in [1.82, 2.24) is 5.32 Å². The van der Waals surface area contributed by atoms with E-state index in [2.05, 4.69) is 33.0 Å². The molecule has 41 heavy (non-hydrogen) atoms. The zero-order valence-corrected chi connectivity index (χ0v) is 30.4. The third-order valence-corrected chi connectivity index (χ3v) is 16.3. The highest BCUT2D eigenvalue weighted by molar-refractivity contribution is 8.77. The first kappa shape index (κ1) is 46.0. The standard InChI is InChI=1S/C12H26NO4PS2.C7H14O2S2.C5H14NO3P/c1-12(2,20-19-3)5-4-11(16)13-10-18(17,8-6-14)9-7-15;1-7(2,11-10-3)5-4-6(8)9;6-5-10(9,3-1-7)4-2-8/h14-15H,4-10H2,1-3H3,(H,13,16);4-5H2,1-3H3,(H,8,9);7-8H,1-6H2. The highest BCUT2D eigenvalue weighted by Gasteiger charge is 2.24. The van der Waals surface area contributed by atoms with Crippen molar-refractivity contribution in [2.75, 3.05) is 76.2 Å². The van der Waals surface area contributed by atoms with Crippen molar-refractivity contribution in [3.05, 3.63) is 0 Å². The maximum Gasteiger partial charge on any atom is 0.303 e. The van der Waals surface area contributed by atoms with Crippen molar-refractivity contribution < 1.29 is 44.3 Å². The molecule has 0 aromatic rings. The van der Waals surface area contributed by atoms with Crippen LogP contribution >= 0.6 is 57.5 Å². The predicted octanol–water partition coefficient (Wildman–Crippen LogP) is 3.87. The molecule has 0 aliphatic rings. The first-order valence-electron chi connectivity index (χ1n) is 13.1. The van der Waals surface area contributed by atoms with Crippen LogP contribution in [0, 0.1) is 0 Å². The number of carbonyl (C=O) groups is 2. The van der Waals surface area contributed by atoms with Crippen LogP contribution in [0.15, 0.2) is 0 Å². The van der Waals surface area contributed by atoms with Crippen LogP contribution < -0.4 is 11.1 Å². The van der Waals surface area contributed by atoms with Gasteiger partial charge < -0.3 is 45.7 Å². The van der Waals surface area contributed by atoms with Gasteiger partial charge in [0, 0.05) is 79.7 Å². The maximum atomic E-state index is 12.3. The highest BCUT2D eigenvalue weighted by Crippen LogP contribution is 2.43. The van der Waals surface area contributed by atoms with E-state index < -0.39 is 20.3 Å². The van der Waals surface area contributed by atoms with Gasteiger partial charge in [-0.25, -0.2) is 0 Å². The smallest absolute Gasteiger partial charge is 0.303 e. The molecule has 0 aliphatic heterocycles. The SMILES string of the molecule is CSSC(C)(C)CCC(=O)NCP(=O)(CCO)CCO.CSSC(C)(C)CCC(=O)O.NCP(=O)(CCO)CCO. The monoisotopic (exact) mass is 704 g/mol. The van der Waals surface area contributed by atoms with E-state index in [1.165, 1.54) is 0 Å². The molecule has 0 heterocycles. The Bertz CT molecular complexity index is 774. The van der Waals surface area contributed by atoms with Crippen molar-refractivity contribution in [1.29, 1.82) is 0 Å². The fourth-order valence-electron chi connectivity index (χ4n) is 2.97. The lowest BCUT2D eigenvalue weighted by Crippen LogP contribution is -2.28. The number of nitrogens with one attached hydrogen (secondary N) is 1. The summed E-state index contributed by atoms with van der Waals surface area (Å²) in [6.45, 7) is 7.69. The molecule has 0 atom stereocenters. The summed E-state index contributed by atoms with van der Waals surface area (Å²) in [6, 6.07) is 0. The number of rotatable bonds is 21. The molecule has 0 aromatic carbocycles. The number of carbonyl (C=O) groups excluding carboxylic acids is 1. The zero-order chi connectivity index (χ0) is 32.6. The minimum absolute atomic E-state index is 0.0245. The lowest BCUT2D eigenvalue weighted by atomic mass is 10.1. The van der Waals surface area contributed by atoms with Crippen molar-refractivity contribution in [2.24, 2.45) is 5.73 Å². The molecule has 11 nitrogen and oxygen atoms in total. The van der Waals surface area contributed by atoms with Gasteiger partial charge in [-0.05, 0) is 53.0 Å². The van der Waals surface area contributed by atoms with Crippen LogP contribution in [-0.2, 0) is 18.7 Å². The molecule has 0 aromatic heterocycles. The number of hydrogen-bond acceptors (Lipinski definition) is 13. The molecule has 0 unspecified atom stereocenters. The molecule has 8 N–H and O–H groups in total. The largest absolute Gasteiger partial charge is 0.481 e. The predicted molar refractivity (Wildman–Crippen MR) is 182 cm³/mol. The Labute approximate surface area is 262 Å². The van der Waals surface area contributed by atoms with Gasteiger partial charge in [0.05, 0.1) is 6.29 Å². The average Bonchev–Trinajstić information content (AvgIpc) is 2.87. The molecule has 1 amide bonds. The van der Waals surface area contributed by atoms with Gasteiger partial charge >= 0.3 is 5.97 Å². The summed E-state index contributed by atoms with van der Waals surface area (Å²) in [5.41, 5.74) is 5.19. The summed E-state index contributed by atoms with van der Waals surface area (Å²) in [6.07, 6.45) is 7.01. The fraction of sp³-hybridized carbons (Fsp3) is 0.917. The van der Waals surface area contributed by atoms with Gasteiger partial charge in [-0.15, -0.1) is 0 Å². The lowest BCUT2D eigenvalue weighted by molar-refractivity contribution is -0.137. The van der Waals surface area contributed by atoms with Gasteiger partial charge in [0.25, 0.3) is 0 Å². The zero-order valence-electron chi connectivity index (χ0n) is 25.4. The first-order chi connectivity index (χ1) is 18.9. The first-order valence-corrected chi connectivity index (χ1v) is 22.8. The van der Waals surface area contributed by atoms with E-state index >= 15 is 0 Å². The minimum atomic E-state index is -2.69. The van der Waals surface area contributed by atoms with Crippen LogP contribution in [0.3, 0.4) is 0 Å². The van der Waals surface area contributed by atoms with Crippen LogP contribution in [0.5, 0.6) is 0 Å². The molecule has 248 valence electrons. The maximum absolute atomic E-state index is 12.3. The second-order valence-electron chi connectivity index (χ2n) is 10.3. The van der Waals surface area contributed by atoms with E-state index in [0.717, 1.165) is 12.8 Å². The quantitative estimate of drug-likeness (QED) is 0.0669. The summed E-state index contributed by atoms with van der Waals surface area (Å²) >= 11 is 0. The van der Waals surface area contributed by atoms with Gasteiger partial charge in [0.2, 0.25) is 5.91 Å². The van der Waals surface area contributed by atoms with Gasteiger partial charge in [0.15, 0.2) is 0 Å². The number of aliphatic hydroxyl groups is 4. The highest BCUT2D eigenvalue weighted by atomic mass is 33.1. The van der Waals surface area contributed by atoms with Crippen molar-refractivity contribution in [3.8, 4) is 0 Å². The number of carboxylic acid groups (broad SMARTS) is 1. The molecule has 0 rings (SSSR count).